The Bertz CT molecular complexity index is 376. The molecule has 0 aliphatic heterocycles. The Labute approximate surface area is 97.2 Å². The van der Waals surface area contributed by atoms with Gasteiger partial charge >= 0.3 is 0 Å². The molecule has 1 unspecified atom stereocenters. The van der Waals surface area contributed by atoms with Gasteiger partial charge in [0.15, 0.2) is 0 Å². The largest absolute Gasteiger partial charge is 0.291 e. The first-order valence-electron chi connectivity index (χ1n) is 5.51. The smallest absolute Gasteiger partial charge is 0.241 e. The first-order valence-corrected chi connectivity index (χ1v) is 5.51. The topological polar surface area (TPSA) is 41.1 Å². The van der Waals surface area contributed by atoms with Crippen molar-refractivity contribution in [3.8, 4) is 0 Å². The monoisotopic (exact) mass is 220 g/mol. The summed E-state index contributed by atoms with van der Waals surface area (Å²) in [5, 5.41) is 0. The van der Waals surface area contributed by atoms with Crippen molar-refractivity contribution in [2.75, 3.05) is 7.05 Å². The SMILES string of the molecule is CNNC(=O)C(C)c1c(C)cc(C)cc1C. The van der Waals surface area contributed by atoms with Gasteiger partial charge in [-0.25, -0.2) is 5.43 Å². The van der Waals surface area contributed by atoms with E-state index in [4.69, 9.17) is 0 Å². The molecule has 16 heavy (non-hydrogen) atoms. The summed E-state index contributed by atoms with van der Waals surface area (Å²) in [5.74, 6) is -0.134. The third-order valence-electron chi connectivity index (χ3n) is 2.81. The summed E-state index contributed by atoms with van der Waals surface area (Å²) in [6.45, 7) is 8.11. The van der Waals surface area contributed by atoms with Crippen molar-refractivity contribution >= 4 is 5.91 Å². The molecule has 0 saturated heterocycles. The summed E-state index contributed by atoms with van der Waals surface area (Å²) in [6, 6.07) is 4.23. The Kier molecular flexibility index (Phi) is 4.07. The van der Waals surface area contributed by atoms with E-state index in [1.54, 1.807) is 7.05 Å². The van der Waals surface area contributed by atoms with Crippen LogP contribution in [-0.4, -0.2) is 13.0 Å². The minimum Gasteiger partial charge on any atom is -0.291 e. The number of hydrogen-bond acceptors (Lipinski definition) is 2. The van der Waals surface area contributed by atoms with Crippen LogP contribution in [0.25, 0.3) is 0 Å². The van der Waals surface area contributed by atoms with Gasteiger partial charge in [-0.15, -0.1) is 0 Å². The Morgan fingerprint density at radius 3 is 2.12 bits per heavy atom. The zero-order valence-corrected chi connectivity index (χ0v) is 10.6. The molecule has 0 heterocycles. The van der Waals surface area contributed by atoms with E-state index in [1.807, 2.05) is 6.92 Å². The minimum absolute atomic E-state index is 0.00227. The molecular formula is C13H20N2O. The normalized spacial score (nSPS) is 12.3. The molecule has 0 aliphatic rings. The second-order valence-electron chi connectivity index (χ2n) is 4.27. The van der Waals surface area contributed by atoms with Gasteiger partial charge in [-0.1, -0.05) is 17.7 Å². The van der Waals surface area contributed by atoms with Gasteiger partial charge in [-0.3, -0.25) is 10.2 Å². The average molecular weight is 220 g/mol. The van der Waals surface area contributed by atoms with Crippen molar-refractivity contribution in [1.82, 2.24) is 10.9 Å². The van der Waals surface area contributed by atoms with Crippen LogP contribution in [0.2, 0.25) is 0 Å². The first-order chi connectivity index (χ1) is 7.47. The maximum absolute atomic E-state index is 11.8. The molecule has 0 aromatic heterocycles. The summed E-state index contributed by atoms with van der Waals surface area (Å²) >= 11 is 0. The zero-order chi connectivity index (χ0) is 12.3. The van der Waals surface area contributed by atoms with E-state index in [-0.39, 0.29) is 11.8 Å². The van der Waals surface area contributed by atoms with Crippen LogP contribution in [0, 0.1) is 20.8 Å². The highest BCUT2D eigenvalue weighted by Crippen LogP contribution is 2.24. The fraction of sp³-hybridized carbons (Fsp3) is 0.462. The summed E-state index contributed by atoms with van der Waals surface area (Å²) in [7, 11) is 1.69. The van der Waals surface area contributed by atoms with Crippen molar-refractivity contribution in [3.63, 3.8) is 0 Å². The molecule has 0 aliphatic carbocycles. The van der Waals surface area contributed by atoms with Crippen LogP contribution in [0.4, 0.5) is 0 Å². The van der Waals surface area contributed by atoms with Crippen LogP contribution in [0.1, 0.15) is 35.1 Å². The standard InChI is InChI=1S/C13H20N2O/c1-8-6-9(2)12(10(3)7-8)11(4)13(16)15-14-5/h6-7,11,14H,1-5H3,(H,15,16). The number of hydrogen-bond donors (Lipinski definition) is 2. The zero-order valence-electron chi connectivity index (χ0n) is 10.6. The van der Waals surface area contributed by atoms with Gasteiger partial charge in [0.1, 0.15) is 0 Å². The molecule has 0 bridgehead atoms. The number of aryl methyl sites for hydroxylation is 3. The molecule has 0 fully saturated rings. The summed E-state index contributed by atoms with van der Waals surface area (Å²) in [4.78, 5) is 11.8. The van der Waals surface area contributed by atoms with Crippen LogP contribution < -0.4 is 10.9 Å². The predicted octanol–water partition coefficient (Wildman–Crippen LogP) is 1.97. The number of benzene rings is 1. The van der Waals surface area contributed by atoms with Crippen LogP contribution >= 0.6 is 0 Å². The van der Waals surface area contributed by atoms with Crippen LogP contribution in [0.3, 0.4) is 0 Å². The predicted molar refractivity (Wildman–Crippen MR) is 66.3 cm³/mol. The van der Waals surface area contributed by atoms with Crippen molar-refractivity contribution < 1.29 is 4.79 Å². The Balaban J connectivity index is 3.08. The second kappa shape index (κ2) is 5.12. The maximum atomic E-state index is 11.8. The number of hydrazine groups is 1. The molecule has 0 saturated carbocycles. The summed E-state index contributed by atoms with van der Waals surface area (Å²) in [5.41, 5.74) is 10.0. The number of amides is 1. The molecule has 1 atom stereocenters. The van der Waals surface area contributed by atoms with E-state index in [2.05, 4.69) is 43.8 Å². The van der Waals surface area contributed by atoms with Gasteiger partial charge in [-0.2, -0.15) is 0 Å². The average Bonchev–Trinajstić information content (AvgIpc) is 2.16. The van der Waals surface area contributed by atoms with Crippen LogP contribution in [0.5, 0.6) is 0 Å². The van der Waals surface area contributed by atoms with Gasteiger partial charge in [-0.05, 0) is 44.4 Å². The molecule has 0 spiro atoms. The van der Waals surface area contributed by atoms with Gasteiger partial charge in [0.05, 0.1) is 5.92 Å². The second-order valence-corrected chi connectivity index (χ2v) is 4.27. The van der Waals surface area contributed by atoms with Crippen LogP contribution in [-0.2, 0) is 4.79 Å². The highest BCUT2D eigenvalue weighted by atomic mass is 16.2. The molecule has 1 aromatic rings. The maximum Gasteiger partial charge on any atom is 0.241 e. The summed E-state index contributed by atoms with van der Waals surface area (Å²) < 4.78 is 0. The lowest BCUT2D eigenvalue weighted by atomic mass is 9.90. The van der Waals surface area contributed by atoms with E-state index in [9.17, 15) is 4.79 Å². The molecule has 1 rings (SSSR count). The lowest BCUT2D eigenvalue weighted by Crippen LogP contribution is -2.37. The first kappa shape index (κ1) is 12.7. The number of carbonyl (C=O) groups excluding carboxylic acids is 1. The minimum atomic E-state index is -0.131. The van der Waals surface area contributed by atoms with Crippen molar-refractivity contribution in [3.05, 3.63) is 34.4 Å². The van der Waals surface area contributed by atoms with Gasteiger partial charge in [0, 0.05) is 7.05 Å². The quantitative estimate of drug-likeness (QED) is 0.765. The third-order valence-corrected chi connectivity index (χ3v) is 2.81. The fourth-order valence-corrected chi connectivity index (χ4v) is 2.24. The van der Waals surface area contributed by atoms with Crippen molar-refractivity contribution in [2.45, 2.75) is 33.6 Å². The summed E-state index contributed by atoms with van der Waals surface area (Å²) in [6.07, 6.45) is 0. The number of nitrogens with one attached hydrogen (secondary N) is 2. The number of rotatable bonds is 3. The Morgan fingerprint density at radius 2 is 1.69 bits per heavy atom. The lowest BCUT2D eigenvalue weighted by Gasteiger charge is -2.17. The highest BCUT2D eigenvalue weighted by Gasteiger charge is 2.18. The van der Waals surface area contributed by atoms with E-state index in [0.29, 0.717) is 0 Å². The molecule has 88 valence electrons. The van der Waals surface area contributed by atoms with E-state index in [0.717, 1.165) is 5.56 Å². The highest BCUT2D eigenvalue weighted by molar-refractivity contribution is 5.83. The van der Waals surface area contributed by atoms with E-state index in [1.165, 1.54) is 16.7 Å². The molecular weight excluding hydrogens is 200 g/mol. The molecule has 1 aromatic carbocycles. The Hall–Kier alpha value is -1.35. The molecule has 3 heteroatoms. The van der Waals surface area contributed by atoms with E-state index < -0.39 is 0 Å². The molecule has 1 amide bonds. The molecule has 0 radical (unpaired) electrons. The van der Waals surface area contributed by atoms with Crippen molar-refractivity contribution in [2.24, 2.45) is 0 Å². The molecule has 3 nitrogen and oxygen atoms in total. The van der Waals surface area contributed by atoms with Crippen LogP contribution in [0.15, 0.2) is 12.1 Å². The van der Waals surface area contributed by atoms with Gasteiger partial charge in [0.2, 0.25) is 5.91 Å². The van der Waals surface area contributed by atoms with Gasteiger partial charge < -0.3 is 0 Å². The third kappa shape index (κ3) is 2.61. The Morgan fingerprint density at radius 1 is 1.19 bits per heavy atom. The van der Waals surface area contributed by atoms with Gasteiger partial charge in [0.25, 0.3) is 0 Å². The van der Waals surface area contributed by atoms with E-state index >= 15 is 0 Å². The number of carbonyl (C=O) groups is 1. The fourth-order valence-electron chi connectivity index (χ4n) is 2.24. The van der Waals surface area contributed by atoms with Crippen molar-refractivity contribution in [1.29, 1.82) is 0 Å². The molecule has 2 N–H and O–H groups in total. The lowest BCUT2D eigenvalue weighted by molar-refractivity contribution is -0.123.